The molecule has 1 N–H and O–H groups in total. The van der Waals surface area contributed by atoms with Crippen molar-refractivity contribution in [2.45, 2.75) is 26.9 Å². The molecular formula is C17H19N3O5. The Kier molecular flexibility index (Phi) is 5.89. The number of rotatable bonds is 7. The van der Waals surface area contributed by atoms with E-state index in [0.29, 0.717) is 23.7 Å². The third-order valence-electron chi connectivity index (χ3n) is 3.27. The summed E-state index contributed by atoms with van der Waals surface area (Å²) in [5.74, 6) is -0.402. The van der Waals surface area contributed by atoms with Gasteiger partial charge < -0.3 is 24.9 Å². The minimum atomic E-state index is -0.960. The highest BCUT2D eigenvalue weighted by molar-refractivity contribution is 5.95. The zero-order chi connectivity index (χ0) is 18.4. The molecule has 1 amide bonds. The molecule has 0 spiro atoms. The molecule has 8 nitrogen and oxygen atoms in total. The highest BCUT2D eigenvalue weighted by Gasteiger charge is 2.23. The number of pyridine rings is 1. The summed E-state index contributed by atoms with van der Waals surface area (Å²) >= 11 is 0. The molecule has 0 bridgehead atoms. The quantitative estimate of drug-likeness (QED) is 0.611. The second-order valence-corrected chi connectivity index (χ2v) is 5.21. The van der Waals surface area contributed by atoms with E-state index in [2.05, 4.69) is 10.3 Å². The van der Waals surface area contributed by atoms with E-state index in [0.717, 1.165) is 0 Å². The van der Waals surface area contributed by atoms with Gasteiger partial charge in [0.05, 0.1) is 12.3 Å². The monoisotopic (exact) mass is 345 g/mol. The molecule has 8 heteroatoms. The van der Waals surface area contributed by atoms with Crippen LogP contribution in [0.1, 0.15) is 19.5 Å². The topological polar surface area (TPSA) is 104 Å². The average molecular weight is 345 g/mol. The van der Waals surface area contributed by atoms with Gasteiger partial charge in [-0.15, -0.1) is 0 Å². The highest BCUT2D eigenvalue weighted by atomic mass is 16.6. The van der Waals surface area contributed by atoms with E-state index in [1.807, 2.05) is 6.92 Å². The average Bonchev–Trinajstić information content (AvgIpc) is 2.58. The number of hydrogen-bond acceptors (Lipinski definition) is 6. The zero-order valence-electron chi connectivity index (χ0n) is 14.2. The van der Waals surface area contributed by atoms with Crippen molar-refractivity contribution in [3.8, 4) is 11.5 Å². The van der Waals surface area contributed by atoms with E-state index < -0.39 is 22.8 Å². The molecule has 132 valence electrons. The van der Waals surface area contributed by atoms with Crippen molar-refractivity contribution in [1.82, 2.24) is 4.98 Å². The number of nitro groups is 1. The number of nitrogens with zero attached hydrogens (tertiary/aromatic N) is 2. The number of amides is 1. The van der Waals surface area contributed by atoms with E-state index in [9.17, 15) is 14.9 Å². The van der Waals surface area contributed by atoms with Gasteiger partial charge in [-0.2, -0.15) is 0 Å². The van der Waals surface area contributed by atoms with Crippen LogP contribution in [0.15, 0.2) is 36.4 Å². The smallest absolute Gasteiger partial charge is 0.406 e. The van der Waals surface area contributed by atoms with Crippen LogP contribution in [0.3, 0.4) is 0 Å². The summed E-state index contributed by atoms with van der Waals surface area (Å²) in [7, 11) is 0. The standard InChI is InChI=1S/C17H19N3O5/c1-4-24-14-8-6-5-7-13(14)19-17(21)12(3)25-15-10-9-11(2)18-16(15)20(22)23/h5-10,12H,4H2,1-3H3,(H,19,21)/t12-/m1/s1. The maximum absolute atomic E-state index is 12.3. The van der Waals surface area contributed by atoms with Crippen LogP contribution < -0.4 is 14.8 Å². The number of aryl methyl sites for hydroxylation is 1. The van der Waals surface area contributed by atoms with E-state index in [1.54, 1.807) is 37.3 Å². The Balaban J connectivity index is 2.13. The minimum absolute atomic E-state index is 0.0589. The van der Waals surface area contributed by atoms with Crippen LogP contribution in [0.5, 0.6) is 11.5 Å². The van der Waals surface area contributed by atoms with Gasteiger partial charge in [0.25, 0.3) is 5.91 Å². The van der Waals surface area contributed by atoms with Crippen molar-refractivity contribution < 1.29 is 19.2 Å². The summed E-state index contributed by atoms with van der Waals surface area (Å²) in [4.78, 5) is 26.6. The Bertz CT molecular complexity index is 779. The second kappa shape index (κ2) is 8.09. The maximum Gasteiger partial charge on any atom is 0.406 e. The third-order valence-corrected chi connectivity index (χ3v) is 3.27. The lowest BCUT2D eigenvalue weighted by molar-refractivity contribution is -0.390. The normalized spacial score (nSPS) is 11.5. The number of para-hydroxylation sites is 2. The summed E-state index contributed by atoms with van der Waals surface area (Å²) in [5, 5.41) is 13.8. The van der Waals surface area contributed by atoms with Crippen LogP contribution in [-0.2, 0) is 4.79 Å². The van der Waals surface area contributed by atoms with Crippen molar-refractivity contribution >= 4 is 17.4 Å². The van der Waals surface area contributed by atoms with Crippen LogP contribution in [0, 0.1) is 17.0 Å². The Labute approximate surface area is 144 Å². The van der Waals surface area contributed by atoms with Crippen molar-refractivity contribution in [3.05, 3.63) is 52.2 Å². The maximum atomic E-state index is 12.3. The van der Waals surface area contributed by atoms with Crippen molar-refractivity contribution in [3.63, 3.8) is 0 Å². The van der Waals surface area contributed by atoms with Gasteiger partial charge in [0.15, 0.2) is 6.10 Å². The largest absolute Gasteiger partial charge is 0.492 e. The number of aromatic nitrogens is 1. The molecule has 0 aliphatic heterocycles. The first-order chi connectivity index (χ1) is 11.9. The molecule has 0 fully saturated rings. The summed E-state index contributed by atoms with van der Waals surface area (Å²) in [6.07, 6.45) is -0.960. The van der Waals surface area contributed by atoms with Gasteiger partial charge in [-0.3, -0.25) is 4.79 Å². The van der Waals surface area contributed by atoms with Crippen LogP contribution in [0.4, 0.5) is 11.5 Å². The lowest BCUT2D eigenvalue weighted by atomic mass is 10.2. The lowest BCUT2D eigenvalue weighted by Crippen LogP contribution is -2.30. The van der Waals surface area contributed by atoms with Gasteiger partial charge in [-0.1, -0.05) is 12.1 Å². The number of ether oxygens (including phenoxy) is 2. The summed E-state index contributed by atoms with van der Waals surface area (Å²) in [6, 6.07) is 10.0. The van der Waals surface area contributed by atoms with Crippen molar-refractivity contribution in [1.29, 1.82) is 0 Å². The Morgan fingerprint density at radius 2 is 2.00 bits per heavy atom. The summed E-state index contributed by atoms with van der Waals surface area (Å²) in [5.41, 5.74) is 0.989. The molecule has 0 radical (unpaired) electrons. The predicted octanol–water partition coefficient (Wildman–Crippen LogP) is 3.10. The van der Waals surface area contributed by atoms with Crippen LogP contribution in [0.25, 0.3) is 0 Å². The fourth-order valence-corrected chi connectivity index (χ4v) is 2.08. The van der Waals surface area contributed by atoms with Crippen LogP contribution in [-0.4, -0.2) is 28.5 Å². The van der Waals surface area contributed by atoms with Gasteiger partial charge in [0.1, 0.15) is 11.4 Å². The van der Waals surface area contributed by atoms with Crippen molar-refractivity contribution in [2.24, 2.45) is 0 Å². The second-order valence-electron chi connectivity index (χ2n) is 5.21. The van der Waals surface area contributed by atoms with E-state index in [4.69, 9.17) is 9.47 Å². The molecule has 1 aromatic carbocycles. The number of anilines is 1. The first-order valence-corrected chi connectivity index (χ1v) is 7.73. The summed E-state index contributed by atoms with van der Waals surface area (Å²) < 4.78 is 10.9. The van der Waals surface area contributed by atoms with E-state index in [-0.39, 0.29) is 5.75 Å². The number of nitrogens with one attached hydrogen (secondary N) is 1. The Morgan fingerprint density at radius 3 is 2.68 bits per heavy atom. The molecule has 1 heterocycles. The molecule has 2 aromatic rings. The highest BCUT2D eigenvalue weighted by Crippen LogP contribution is 2.27. The number of carbonyl (C=O) groups excluding carboxylic acids is 1. The van der Waals surface area contributed by atoms with Crippen molar-refractivity contribution in [2.75, 3.05) is 11.9 Å². The third kappa shape index (κ3) is 4.66. The van der Waals surface area contributed by atoms with Gasteiger partial charge in [0.2, 0.25) is 5.75 Å². The molecule has 0 saturated heterocycles. The molecular weight excluding hydrogens is 326 g/mol. The fourth-order valence-electron chi connectivity index (χ4n) is 2.08. The SMILES string of the molecule is CCOc1ccccc1NC(=O)[C@@H](C)Oc1ccc(C)nc1[N+](=O)[O-]. The molecule has 0 saturated carbocycles. The first-order valence-electron chi connectivity index (χ1n) is 7.73. The first kappa shape index (κ1) is 18.2. The minimum Gasteiger partial charge on any atom is -0.492 e. The van der Waals surface area contributed by atoms with Crippen LogP contribution in [0.2, 0.25) is 0 Å². The van der Waals surface area contributed by atoms with E-state index in [1.165, 1.54) is 13.0 Å². The summed E-state index contributed by atoms with van der Waals surface area (Å²) in [6.45, 7) is 5.44. The predicted molar refractivity (Wildman–Crippen MR) is 92.0 cm³/mol. The van der Waals surface area contributed by atoms with Gasteiger partial charge >= 0.3 is 5.82 Å². The zero-order valence-corrected chi connectivity index (χ0v) is 14.2. The van der Waals surface area contributed by atoms with Gasteiger partial charge in [-0.25, -0.2) is 0 Å². The molecule has 25 heavy (non-hydrogen) atoms. The molecule has 0 unspecified atom stereocenters. The van der Waals surface area contributed by atoms with E-state index >= 15 is 0 Å². The van der Waals surface area contributed by atoms with Gasteiger partial charge in [0, 0.05) is 6.92 Å². The Morgan fingerprint density at radius 1 is 1.28 bits per heavy atom. The number of hydrogen-bond donors (Lipinski definition) is 1. The number of carbonyl (C=O) groups is 1. The molecule has 2 rings (SSSR count). The number of benzene rings is 1. The molecule has 0 aliphatic carbocycles. The van der Waals surface area contributed by atoms with Crippen LogP contribution >= 0.6 is 0 Å². The van der Waals surface area contributed by atoms with Gasteiger partial charge in [-0.05, 0) is 48.0 Å². The molecule has 1 atom stereocenters. The lowest BCUT2D eigenvalue weighted by Gasteiger charge is -2.16. The fraction of sp³-hybridized carbons (Fsp3) is 0.294. The molecule has 1 aromatic heterocycles. The molecule has 0 aliphatic rings. The Hall–Kier alpha value is -3.16.